The predicted molar refractivity (Wildman–Crippen MR) is 51.5 cm³/mol. The van der Waals surface area contributed by atoms with Crippen LogP contribution in [0.4, 0.5) is 4.79 Å². The number of rotatable bonds is 3. The van der Waals surface area contributed by atoms with E-state index in [2.05, 4.69) is 0 Å². The summed E-state index contributed by atoms with van der Waals surface area (Å²) in [6.45, 7) is 5.95. The molecule has 0 rings (SSSR count). The highest BCUT2D eigenvalue weighted by Crippen LogP contribution is 2.08. The summed E-state index contributed by atoms with van der Waals surface area (Å²) < 4.78 is 9.75. The third kappa shape index (κ3) is 7.59. The predicted octanol–water partition coefficient (Wildman–Crippen LogP) is 1.11. The molecule has 0 unspecified atom stereocenters. The lowest BCUT2D eigenvalue weighted by molar-refractivity contribution is -0.00700. The fourth-order valence-corrected chi connectivity index (χ4v) is 0.868. The zero-order valence-electron chi connectivity index (χ0n) is 8.35. The molecule has 0 bridgehead atoms. The summed E-state index contributed by atoms with van der Waals surface area (Å²) in [4.78, 5) is 10.9. The van der Waals surface area contributed by atoms with E-state index in [0.717, 1.165) is 22.7 Å². The van der Waals surface area contributed by atoms with Crippen molar-refractivity contribution in [1.82, 2.24) is 0 Å². The molecule has 0 saturated carbocycles. The smallest absolute Gasteiger partial charge is 0.434 e. The van der Waals surface area contributed by atoms with E-state index in [1.807, 2.05) is 20.8 Å². The maximum absolute atomic E-state index is 10.9. The Balaban J connectivity index is 3.47. The number of hydrogen-bond donors (Lipinski definition) is 0. The molecule has 0 saturated heterocycles. The fraction of sp³-hybridized carbons (Fsp3) is 0.875. The van der Waals surface area contributed by atoms with Crippen LogP contribution in [0.15, 0.2) is 0 Å². The Hall–Kier alpha value is -0.513. The molecule has 0 radical (unpaired) electrons. The number of carbonyl (C=O) groups is 1. The van der Waals surface area contributed by atoms with Gasteiger partial charge in [-0.15, -0.1) is 0 Å². The Morgan fingerprint density at radius 2 is 2.00 bits per heavy atom. The molecule has 0 heterocycles. The Morgan fingerprint density at radius 1 is 1.42 bits per heavy atom. The van der Waals surface area contributed by atoms with Crippen LogP contribution in [-0.2, 0) is 9.47 Å². The van der Waals surface area contributed by atoms with Gasteiger partial charge < -0.3 is 9.47 Å². The SMILES string of the molecule is CC(C)(C)OC(=O)OCCC[SiH3]. The standard InChI is InChI=1S/C8H18O3Si/c1-8(2,3)11-7(9)10-5-4-6-12/h4-6H2,1-3,12H3. The molecular weight excluding hydrogens is 172 g/mol. The Labute approximate surface area is 76.9 Å². The van der Waals surface area contributed by atoms with Crippen LogP contribution in [0.3, 0.4) is 0 Å². The molecular formula is C8H18O3Si. The lowest BCUT2D eigenvalue weighted by Gasteiger charge is -2.18. The summed E-state index contributed by atoms with van der Waals surface area (Å²) in [5.74, 6) is 0. The van der Waals surface area contributed by atoms with Crippen LogP contribution in [0.1, 0.15) is 27.2 Å². The molecule has 0 spiro atoms. The van der Waals surface area contributed by atoms with Crippen molar-refractivity contribution in [3.63, 3.8) is 0 Å². The van der Waals surface area contributed by atoms with E-state index < -0.39 is 11.8 Å². The summed E-state index contributed by atoms with van der Waals surface area (Å²) in [5, 5.41) is 0. The van der Waals surface area contributed by atoms with E-state index in [4.69, 9.17) is 9.47 Å². The third-order valence-electron chi connectivity index (χ3n) is 1.11. The zero-order chi connectivity index (χ0) is 9.61. The first-order chi connectivity index (χ1) is 5.45. The molecule has 3 nitrogen and oxygen atoms in total. The van der Waals surface area contributed by atoms with Crippen LogP contribution < -0.4 is 0 Å². The van der Waals surface area contributed by atoms with Gasteiger partial charge in [0.2, 0.25) is 0 Å². The second-order valence-corrected chi connectivity index (χ2v) is 4.67. The topological polar surface area (TPSA) is 35.5 Å². The molecule has 0 aromatic rings. The highest BCUT2D eigenvalue weighted by molar-refractivity contribution is 6.08. The number of hydrogen-bond acceptors (Lipinski definition) is 3. The first-order valence-corrected chi connectivity index (χ1v) is 5.73. The van der Waals surface area contributed by atoms with Crippen molar-refractivity contribution in [3.8, 4) is 0 Å². The molecule has 0 aliphatic heterocycles. The Kier molecular flexibility index (Phi) is 4.97. The summed E-state index contributed by atoms with van der Waals surface area (Å²) in [6, 6.07) is 1.16. The van der Waals surface area contributed by atoms with Crippen LogP contribution >= 0.6 is 0 Å². The zero-order valence-corrected chi connectivity index (χ0v) is 10.3. The molecule has 4 heteroatoms. The van der Waals surface area contributed by atoms with Gasteiger partial charge >= 0.3 is 6.16 Å². The van der Waals surface area contributed by atoms with Crippen LogP contribution in [-0.4, -0.2) is 28.6 Å². The van der Waals surface area contributed by atoms with Crippen molar-refractivity contribution in [1.29, 1.82) is 0 Å². The fourth-order valence-electron chi connectivity index (χ4n) is 0.579. The molecule has 12 heavy (non-hydrogen) atoms. The molecule has 0 amide bonds. The second kappa shape index (κ2) is 5.19. The maximum Gasteiger partial charge on any atom is 0.508 e. The van der Waals surface area contributed by atoms with E-state index >= 15 is 0 Å². The minimum Gasteiger partial charge on any atom is -0.434 e. The Bertz CT molecular complexity index is 140. The molecule has 72 valence electrons. The van der Waals surface area contributed by atoms with Gasteiger partial charge in [-0.05, 0) is 27.2 Å². The number of ether oxygens (including phenoxy) is 2. The van der Waals surface area contributed by atoms with Gasteiger partial charge in [0.05, 0.1) is 6.61 Å². The third-order valence-corrected chi connectivity index (χ3v) is 1.81. The molecule has 0 atom stereocenters. The number of carbonyl (C=O) groups excluding carboxylic acids is 1. The first kappa shape index (κ1) is 11.5. The maximum atomic E-state index is 10.9. The van der Waals surface area contributed by atoms with Gasteiger partial charge in [-0.25, -0.2) is 4.79 Å². The van der Waals surface area contributed by atoms with Crippen molar-refractivity contribution in [3.05, 3.63) is 0 Å². The van der Waals surface area contributed by atoms with Crippen molar-refractivity contribution in [2.24, 2.45) is 0 Å². The second-order valence-electron chi connectivity index (χ2n) is 3.67. The van der Waals surface area contributed by atoms with Gasteiger partial charge in [-0.2, -0.15) is 0 Å². The van der Waals surface area contributed by atoms with E-state index in [1.54, 1.807) is 0 Å². The van der Waals surface area contributed by atoms with Gasteiger partial charge in [0.25, 0.3) is 0 Å². The average molecular weight is 190 g/mol. The molecule has 0 aliphatic carbocycles. The van der Waals surface area contributed by atoms with Gasteiger partial charge in [0.15, 0.2) is 0 Å². The van der Waals surface area contributed by atoms with Gasteiger partial charge in [0, 0.05) is 10.2 Å². The summed E-state index contributed by atoms with van der Waals surface area (Å²) in [5.41, 5.74) is -0.446. The molecule has 0 fully saturated rings. The summed E-state index contributed by atoms with van der Waals surface area (Å²) in [6.07, 6.45) is 0.392. The molecule has 0 aliphatic rings. The van der Waals surface area contributed by atoms with E-state index in [9.17, 15) is 4.79 Å². The lowest BCUT2D eigenvalue weighted by atomic mass is 10.2. The van der Waals surface area contributed by atoms with Gasteiger partial charge in [-0.1, -0.05) is 6.04 Å². The minimum absolute atomic E-state index is 0.446. The van der Waals surface area contributed by atoms with Gasteiger partial charge in [-0.3, -0.25) is 0 Å². The van der Waals surface area contributed by atoms with E-state index in [1.165, 1.54) is 0 Å². The van der Waals surface area contributed by atoms with Crippen LogP contribution in [0.5, 0.6) is 0 Å². The first-order valence-electron chi connectivity index (χ1n) is 4.31. The van der Waals surface area contributed by atoms with Crippen molar-refractivity contribution >= 4 is 16.4 Å². The van der Waals surface area contributed by atoms with E-state index in [-0.39, 0.29) is 0 Å². The molecule has 0 aromatic heterocycles. The van der Waals surface area contributed by atoms with Crippen LogP contribution in [0, 0.1) is 0 Å². The average Bonchev–Trinajstić information content (AvgIpc) is 1.84. The van der Waals surface area contributed by atoms with Crippen LogP contribution in [0.25, 0.3) is 0 Å². The normalized spacial score (nSPS) is 11.2. The van der Waals surface area contributed by atoms with Crippen molar-refractivity contribution in [2.45, 2.75) is 38.8 Å². The minimum atomic E-state index is -0.558. The lowest BCUT2D eigenvalue weighted by Crippen LogP contribution is -2.24. The van der Waals surface area contributed by atoms with Crippen LogP contribution in [0.2, 0.25) is 6.04 Å². The summed E-state index contributed by atoms with van der Waals surface area (Å²) in [7, 11) is 1.16. The van der Waals surface area contributed by atoms with E-state index in [0.29, 0.717) is 6.61 Å². The summed E-state index contributed by atoms with van der Waals surface area (Å²) >= 11 is 0. The van der Waals surface area contributed by atoms with Crippen molar-refractivity contribution < 1.29 is 14.3 Å². The van der Waals surface area contributed by atoms with Crippen molar-refractivity contribution in [2.75, 3.05) is 6.61 Å². The molecule has 0 N–H and O–H groups in total. The highest BCUT2D eigenvalue weighted by Gasteiger charge is 2.16. The largest absolute Gasteiger partial charge is 0.508 e. The monoisotopic (exact) mass is 190 g/mol. The van der Waals surface area contributed by atoms with Gasteiger partial charge in [0.1, 0.15) is 5.60 Å². The quantitative estimate of drug-likeness (QED) is 0.380. The Morgan fingerprint density at radius 3 is 2.42 bits per heavy atom. The molecule has 0 aromatic carbocycles. The highest BCUT2D eigenvalue weighted by atomic mass is 28.1.